The molecule has 0 amide bonds. The number of hydrogen-bond acceptors (Lipinski definition) is 6. The van der Waals surface area contributed by atoms with Crippen molar-refractivity contribution in [1.29, 1.82) is 0 Å². The molecule has 3 aromatic carbocycles. The fraction of sp³-hybridized carbons (Fsp3) is 0.471. The molecule has 5 rings (SSSR count). The Labute approximate surface area is 251 Å². The van der Waals surface area contributed by atoms with E-state index >= 15 is 0 Å². The lowest BCUT2D eigenvalue weighted by Crippen LogP contribution is -2.33. The highest BCUT2D eigenvalue weighted by Crippen LogP contribution is 2.40. The molecule has 0 spiro atoms. The second-order valence-electron chi connectivity index (χ2n) is 12.3. The second kappa shape index (κ2) is 12.4. The van der Waals surface area contributed by atoms with Gasteiger partial charge in [0, 0.05) is 48.1 Å². The third kappa shape index (κ3) is 6.20. The van der Waals surface area contributed by atoms with Crippen molar-refractivity contribution in [3.8, 4) is 11.5 Å². The van der Waals surface area contributed by atoms with Gasteiger partial charge in [-0.2, -0.15) is 25.3 Å². The fourth-order valence-electron chi connectivity index (χ4n) is 5.87. The summed E-state index contributed by atoms with van der Waals surface area (Å²) in [6, 6.07) is 22.7. The average molecular weight is 577 g/mol. The molecule has 0 bridgehead atoms. The van der Waals surface area contributed by atoms with Crippen LogP contribution in [0.2, 0.25) is 0 Å². The van der Waals surface area contributed by atoms with Crippen molar-refractivity contribution >= 4 is 25.3 Å². The zero-order valence-electron chi connectivity index (χ0n) is 24.4. The molecule has 0 aromatic heterocycles. The van der Waals surface area contributed by atoms with E-state index in [9.17, 15) is 0 Å². The first kappa shape index (κ1) is 29.4. The molecule has 0 unspecified atom stereocenters. The second-order valence-corrected chi connectivity index (χ2v) is 13.2. The van der Waals surface area contributed by atoms with Gasteiger partial charge in [0.05, 0.1) is 0 Å². The minimum absolute atomic E-state index is 0.147. The van der Waals surface area contributed by atoms with Gasteiger partial charge >= 0.3 is 0 Å². The summed E-state index contributed by atoms with van der Waals surface area (Å²) in [7, 11) is 0. The number of benzene rings is 3. The topological polar surface area (TPSA) is 24.9 Å². The molecule has 0 fully saturated rings. The van der Waals surface area contributed by atoms with Crippen molar-refractivity contribution in [2.75, 3.05) is 38.1 Å². The maximum absolute atomic E-state index is 6.07. The first-order valence-corrected chi connectivity index (χ1v) is 15.8. The van der Waals surface area contributed by atoms with Gasteiger partial charge in [-0.1, -0.05) is 64.1 Å². The van der Waals surface area contributed by atoms with E-state index in [4.69, 9.17) is 9.47 Å². The van der Waals surface area contributed by atoms with Crippen LogP contribution in [-0.2, 0) is 23.9 Å². The first-order valence-electron chi connectivity index (χ1n) is 14.5. The van der Waals surface area contributed by atoms with Gasteiger partial charge in [-0.15, -0.1) is 0 Å². The van der Waals surface area contributed by atoms with Crippen LogP contribution >= 0.6 is 25.3 Å². The van der Waals surface area contributed by atoms with Gasteiger partial charge in [-0.25, -0.2) is 0 Å². The van der Waals surface area contributed by atoms with Crippen LogP contribution in [0.25, 0.3) is 0 Å². The zero-order chi connectivity index (χ0) is 28.3. The number of hydrogen-bond donors (Lipinski definition) is 2. The summed E-state index contributed by atoms with van der Waals surface area (Å²) in [5.41, 5.74) is 7.51. The summed E-state index contributed by atoms with van der Waals surface area (Å²) in [5, 5.41) is 0. The van der Waals surface area contributed by atoms with Crippen LogP contribution in [0.15, 0.2) is 60.7 Å². The number of fused-ring (bicyclic) bond motifs is 2. The van der Waals surface area contributed by atoms with E-state index in [1.165, 1.54) is 33.4 Å². The first-order chi connectivity index (χ1) is 19.2. The zero-order valence-corrected chi connectivity index (χ0v) is 26.2. The van der Waals surface area contributed by atoms with Gasteiger partial charge in [-0.05, 0) is 70.9 Å². The Kier molecular flexibility index (Phi) is 9.11. The third-order valence-corrected chi connectivity index (χ3v) is 9.36. The average Bonchev–Trinajstić information content (AvgIpc) is 2.98. The van der Waals surface area contributed by atoms with Crippen LogP contribution in [0.1, 0.15) is 73.9 Å². The van der Waals surface area contributed by atoms with Crippen LogP contribution in [0.5, 0.6) is 11.5 Å². The summed E-state index contributed by atoms with van der Waals surface area (Å²) in [6.07, 6.45) is 2.14. The van der Waals surface area contributed by atoms with Gasteiger partial charge in [0.1, 0.15) is 25.0 Å². The molecule has 6 heteroatoms. The summed E-state index contributed by atoms with van der Waals surface area (Å²) in [5.74, 6) is 3.82. The minimum Gasteiger partial charge on any atom is -0.478 e. The fourth-order valence-corrected chi connectivity index (χ4v) is 6.15. The highest BCUT2D eigenvalue weighted by Gasteiger charge is 2.30. The Bertz CT molecular complexity index is 1230. The molecule has 4 nitrogen and oxygen atoms in total. The Hall–Kier alpha value is -2.12. The molecule has 2 heterocycles. The lowest BCUT2D eigenvalue weighted by Gasteiger charge is -2.34. The molecule has 0 N–H and O–H groups in total. The van der Waals surface area contributed by atoms with Crippen molar-refractivity contribution in [1.82, 2.24) is 9.80 Å². The molecule has 0 radical (unpaired) electrons. The van der Waals surface area contributed by atoms with E-state index < -0.39 is 0 Å². The van der Waals surface area contributed by atoms with Gasteiger partial charge in [-0.3, -0.25) is 9.80 Å². The number of ether oxygens (including phenoxy) is 2. The van der Waals surface area contributed by atoms with E-state index in [0.29, 0.717) is 13.5 Å². The monoisotopic (exact) mass is 576 g/mol. The van der Waals surface area contributed by atoms with Crippen molar-refractivity contribution in [2.24, 2.45) is 0 Å². The predicted molar refractivity (Wildman–Crippen MR) is 172 cm³/mol. The van der Waals surface area contributed by atoms with Crippen LogP contribution < -0.4 is 9.47 Å². The predicted octanol–water partition coefficient (Wildman–Crippen LogP) is 7.28. The van der Waals surface area contributed by atoms with Crippen LogP contribution in [0.3, 0.4) is 0 Å². The number of nitrogens with zero attached hydrogens (tertiary/aromatic N) is 2. The van der Waals surface area contributed by atoms with Gasteiger partial charge in [0.2, 0.25) is 0 Å². The highest BCUT2D eigenvalue weighted by atomic mass is 32.1. The van der Waals surface area contributed by atoms with Gasteiger partial charge in [0.25, 0.3) is 0 Å². The molecule has 3 aromatic rings. The van der Waals surface area contributed by atoms with Crippen molar-refractivity contribution in [3.05, 3.63) is 94.0 Å². The van der Waals surface area contributed by atoms with Gasteiger partial charge < -0.3 is 9.47 Å². The van der Waals surface area contributed by atoms with Crippen molar-refractivity contribution in [3.63, 3.8) is 0 Å². The van der Waals surface area contributed by atoms with Crippen molar-refractivity contribution < 1.29 is 9.47 Å². The molecule has 0 saturated carbocycles. The minimum atomic E-state index is -0.147. The molecule has 2 aliphatic heterocycles. The van der Waals surface area contributed by atoms with Crippen LogP contribution in [0.4, 0.5) is 0 Å². The molecule has 214 valence electrons. The van der Waals surface area contributed by atoms with E-state index in [0.717, 1.165) is 62.0 Å². The van der Waals surface area contributed by atoms with Crippen LogP contribution in [0, 0.1) is 0 Å². The van der Waals surface area contributed by atoms with E-state index in [-0.39, 0.29) is 10.8 Å². The summed E-state index contributed by atoms with van der Waals surface area (Å²) >= 11 is 8.76. The SMILES string of the molecule is CC(C)(c1cccc(C(C)(C)c2ccc3c(c2)CN(CCCS)CO3)c1)c1ccc2c(c1)CN(CCCS)CO2. The number of rotatable bonds is 10. The maximum Gasteiger partial charge on any atom is 0.142 e. The summed E-state index contributed by atoms with van der Waals surface area (Å²) < 4.78 is 12.1. The number of thiol groups is 2. The highest BCUT2D eigenvalue weighted by molar-refractivity contribution is 7.80. The molecular weight excluding hydrogens is 533 g/mol. The quantitative estimate of drug-likeness (QED) is 0.248. The van der Waals surface area contributed by atoms with Crippen molar-refractivity contribution in [2.45, 2.75) is 64.5 Å². The lowest BCUT2D eigenvalue weighted by atomic mass is 9.73. The Morgan fingerprint density at radius 3 is 1.48 bits per heavy atom. The smallest absolute Gasteiger partial charge is 0.142 e. The third-order valence-electron chi connectivity index (χ3n) is 8.73. The summed E-state index contributed by atoms with van der Waals surface area (Å²) in [4.78, 5) is 4.73. The Morgan fingerprint density at radius 2 is 1.05 bits per heavy atom. The Balaban J connectivity index is 1.39. The standard InChI is InChI=1S/C34H44N2O2S2/c1-33(2,29-10-12-31-25(18-29)21-35(23-37-31)14-6-16-39)27-8-5-9-28(20-27)34(3,4)30-11-13-32-26(19-30)22-36(24-38-32)15-7-17-40/h5,8-13,18-20,39-40H,6-7,14-17,21-24H2,1-4H3. The molecule has 2 aliphatic rings. The normalized spacial score (nSPS) is 16.1. The van der Waals surface area contributed by atoms with E-state index in [2.05, 4.69) is 123 Å². The lowest BCUT2D eigenvalue weighted by molar-refractivity contribution is 0.0957. The maximum atomic E-state index is 6.07. The molecule has 40 heavy (non-hydrogen) atoms. The molecule has 0 atom stereocenters. The molecule has 0 aliphatic carbocycles. The van der Waals surface area contributed by atoms with Gasteiger partial charge in [0.15, 0.2) is 0 Å². The van der Waals surface area contributed by atoms with E-state index in [1.807, 2.05) is 0 Å². The Morgan fingerprint density at radius 1 is 0.625 bits per heavy atom. The molecular formula is C34H44N2O2S2. The molecule has 0 saturated heterocycles. The largest absolute Gasteiger partial charge is 0.478 e. The summed E-state index contributed by atoms with van der Waals surface area (Å²) in [6.45, 7) is 14.5. The van der Waals surface area contributed by atoms with Crippen LogP contribution in [-0.4, -0.2) is 47.9 Å². The van der Waals surface area contributed by atoms with E-state index in [1.54, 1.807) is 0 Å².